The molecule has 0 saturated carbocycles. The van der Waals surface area contributed by atoms with Crippen molar-refractivity contribution < 1.29 is 4.74 Å². The van der Waals surface area contributed by atoms with E-state index in [2.05, 4.69) is 18.8 Å². The number of hydrogen-bond acceptors (Lipinski definition) is 4. The Kier molecular flexibility index (Phi) is 4.51. The fourth-order valence-corrected chi connectivity index (χ4v) is 1.66. The van der Waals surface area contributed by atoms with Gasteiger partial charge in [0.15, 0.2) is 0 Å². The van der Waals surface area contributed by atoms with Crippen LogP contribution in [0, 0.1) is 0 Å². The zero-order valence-corrected chi connectivity index (χ0v) is 9.64. The van der Waals surface area contributed by atoms with Crippen molar-refractivity contribution >= 4 is 11.3 Å². The molecule has 80 valence electrons. The van der Waals surface area contributed by atoms with E-state index in [1.54, 1.807) is 11.3 Å². The third kappa shape index (κ3) is 3.36. The van der Waals surface area contributed by atoms with Crippen molar-refractivity contribution in [2.24, 2.45) is 5.73 Å². The van der Waals surface area contributed by atoms with Crippen LogP contribution in [0.2, 0.25) is 0 Å². The molecule has 0 amide bonds. The van der Waals surface area contributed by atoms with Gasteiger partial charge in [-0.15, -0.1) is 11.3 Å². The maximum absolute atomic E-state index is 6.09. The summed E-state index contributed by atoms with van der Waals surface area (Å²) >= 11 is 1.59. The van der Waals surface area contributed by atoms with E-state index in [0.717, 1.165) is 18.5 Å². The van der Waals surface area contributed by atoms with Crippen molar-refractivity contribution in [2.75, 3.05) is 6.61 Å². The molecule has 0 aliphatic heterocycles. The van der Waals surface area contributed by atoms with Crippen LogP contribution in [0.1, 0.15) is 32.4 Å². The smallest absolute Gasteiger partial charge is 0.0897 e. The fourth-order valence-electron chi connectivity index (χ4n) is 1.12. The second-order valence-corrected chi connectivity index (χ2v) is 4.26. The predicted molar refractivity (Wildman–Crippen MR) is 59.3 cm³/mol. The van der Waals surface area contributed by atoms with Gasteiger partial charge in [-0.1, -0.05) is 13.8 Å². The molecule has 0 saturated heterocycles. The first-order valence-corrected chi connectivity index (χ1v) is 5.88. The van der Waals surface area contributed by atoms with Gasteiger partial charge in [0.1, 0.15) is 0 Å². The molecule has 1 aromatic heterocycles. The summed E-state index contributed by atoms with van der Waals surface area (Å²) in [6, 6.07) is 0. The maximum Gasteiger partial charge on any atom is 0.0897 e. The molecule has 4 heteroatoms. The van der Waals surface area contributed by atoms with Crippen LogP contribution in [0.3, 0.4) is 0 Å². The number of hydrogen-bond donors (Lipinski definition) is 1. The zero-order chi connectivity index (χ0) is 10.4. The lowest BCUT2D eigenvalue weighted by Crippen LogP contribution is -2.43. The average molecular weight is 214 g/mol. The van der Waals surface area contributed by atoms with Gasteiger partial charge in [-0.3, -0.25) is 0 Å². The highest BCUT2D eigenvalue weighted by Gasteiger charge is 2.20. The number of rotatable bonds is 6. The van der Waals surface area contributed by atoms with Crippen LogP contribution in [0.5, 0.6) is 0 Å². The topological polar surface area (TPSA) is 48.1 Å². The van der Waals surface area contributed by atoms with Gasteiger partial charge in [0, 0.05) is 10.9 Å². The molecular weight excluding hydrogens is 196 g/mol. The van der Waals surface area contributed by atoms with Crippen molar-refractivity contribution in [3.63, 3.8) is 0 Å². The number of nitrogens with zero attached hydrogens (tertiary/aromatic N) is 1. The molecule has 3 nitrogen and oxygen atoms in total. The SMILES string of the molecule is CCC(N)(CC)COCc1cscn1. The van der Waals surface area contributed by atoms with Crippen LogP contribution >= 0.6 is 11.3 Å². The molecule has 1 aromatic rings. The van der Waals surface area contributed by atoms with E-state index in [-0.39, 0.29) is 5.54 Å². The first-order chi connectivity index (χ1) is 6.70. The summed E-state index contributed by atoms with van der Waals surface area (Å²) in [6.07, 6.45) is 1.89. The molecule has 0 aromatic carbocycles. The molecule has 0 bridgehead atoms. The lowest BCUT2D eigenvalue weighted by atomic mass is 9.96. The summed E-state index contributed by atoms with van der Waals surface area (Å²) in [5, 5.41) is 2.00. The number of nitrogens with two attached hydrogens (primary N) is 1. The molecular formula is C10H18N2OS. The number of thiazole rings is 1. The molecule has 0 aliphatic carbocycles. The van der Waals surface area contributed by atoms with Gasteiger partial charge in [-0.2, -0.15) is 0 Å². The molecule has 0 radical (unpaired) electrons. The number of aromatic nitrogens is 1. The van der Waals surface area contributed by atoms with E-state index in [1.165, 1.54) is 0 Å². The average Bonchev–Trinajstić information content (AvgIpc) is 2.70. The van der Waals surface area contributed by atoms with Crippen molar-refractivity contribution in [2.45, 2.75) is 38.8 Å². The Morgan fingerprint density at radius 2 is 2.21 bits per heavy atom. The lowest BCUT2D eigenvalue weighted by molar-refractivity contribution is 0.0680. The van der Waals surface area contributed by atoms with Crippen LogP contribution in [-0.4, -0.2) is 17.1 Å². The molecule has 0 unspecified atom stereocenters. The maximum atomic E-state index is 6.09. The summed E-state index contributed by atoms with van der Waals surface area (Å²) < 4.78 is 5.54. The fraction of sp³-hybridized carbons (Fsp3) is 0.700. The normalized spacial score (nSPS) is 11.9. The predicted octanol–water partition coefficient (Wildman–Crippen LogP) is 2.18. The standard InChI is InChI=1S/C10H18N2OS/c1-3-10(11,4-2)7-13-5-9-6-14-8-12-9/h6,8H,3-5,7,11H2,1-2H3. The Balaban J connectivity index is 2.27. The molecule has 2 N–H and O–H groups in total. The minimum absolute atomic E-state index is 0.171. The van der Waals surface area contributed by atoms with Crippen molar-refractivity contribution in [3.05, 3.63) is 16.6 Å². The van der Waals surface area contributed by atoms with E-state index in [9.17, 15) is 0 Å². The van der Waals surface area contributed by atoms with Gasteiger partial charge in [0.25, 0.3) is 0 Å². The highest BCUT2D eigenvalue weighted by molar-refractivity contribution is 7.07. The highest BCUT2D eigenvalue weighted by atomic mass is 32.1. The van der Waals surface area contributed by atoms with E-state index in [1.807, 2.05) is 10.9 Å². The van der Waals surface area contributed by atoms with Crippen molar-refractivity contribution in [1.29, 1.82) is 0 Å². The summed E-state index contributed by atoms with van der Waals surface area (Å²) in [5.74, 6) is 0. The van der Waals surface area contributed by atoms with Crippen LogP contribution in [-0.2, 0) is 11.3 Å². The van der Waals surface area contributed by atoms with Gasteiger partial charge in [0.05, 0.1) is 24.4 Å². The molecule has 0 spiro atoms. The molecule has 0 atom stereocenters. The van der Waals surface area contributed by atoms with Gasteiger partial charge < -0.3 is 10.5 Å². The summed E-state index contributed by atoms with van der Waals surface area (Å²) in [4.78, 5) is 4.14. The van der Waals surface area contributed by atoms with E-state index in [4.69, 9.17) is 10.5 Å². The summed E-state index contributed by atoms with van der Waals surface area (Å²) in [7, 11) is 0. The molecule has 14 heavy (non-hydrogen) atoms. The first kappa shape index (κ1) is 11.6. The van der Waals surface area contributed by atoms with E-state index < -0.39 is 0 Å². The Morgan fingerprint density at radius 1 is 1.50 bits per heavy atom. The van der Waals surface area contributed by atoms with Crippen LogP contribution in [0.15, 0.2) is 10.9 Å². The van der Waals surface area contributed by atoms with Gasteiger partial charge in [-0.05, 0) is 12.8 Å². The Morgan fingerprint density at radius 3 is 2.71 bits per heavy atom. The second-order valence-electron chi connectivity index (χ2n) is 3.54. The number of ether oxygens (including phenoxy) is 1. The largest absolute Gasteiger partial charge is 0.373 e. The zero-order valence-electron chi connectivity index (χ0n) is 8.82. The summed E-state index contributed by atoms with van der Waals surface area (Å²) in [6.45, 7) is 5.37. The van der Waals surface area contributed by atoms with Gasteiger partial charge in [0.2, 0.25) is 0 Å². The second kappa shape index (κ2) is 5.44. The molecule has 0 aliphatic rings. The highest BCUT2D eigenvalue weighted by Crippen LogP contribution is 2.12. The van der Waals surface area contributed by atoms with Crippen molar-refractivity contribution in [1.82, 2.24) is 4.98 Å². The monoisotopic (exact) mass is 214 g/mol. The lowest BCUT2D eigenvalue weighted by Gasteiger charge is -2.25. The van der Waals surface area contributed by atoms with E-state index in [0.29, 0.717) is 13.2 Å². The third-order valence-corrected chi connectivity index (χ3v) is 3.17. The Hall–Kier alpha value is -0.450. The van der Waals surface area contributed by atoms with E-state index >= 15 is 0 Å². The third-order valence-electron chi connectivity index (χ3n) is 2.53. The molecule has 0 fully saturated rings. The Labute approximate surface area is 89.3 Å². The Bertz CT molecular complexity index is 245. The summed E-state index contributed by atoms with van der Waals surface area (Å²) in [5.41, 5.74) is 8.73. The van der Waals surface area contributed by atoms with Crippen molar-refractivity contribution in [3.8, 4) is 0 Å². The minimum Gasteiger partial charge on any atom is -0.373 e. The quantitative estimate of drug-likeness (QED) is 0.789. The van der Waals surface area contributed by atoms with Crippen LogP contribution in [0.4, 0.5) is 0 Å². The molecule has 1 heterocycles. The van der Waals surface area contributed by atoms with Gasteiger partial charge >= 0.3 is 0 Å². The minimum atomic E-state index is -0.171. The first-order valence-electron chi connectivity index (χ1n) is 4.94. The van der Waals surface area contributed by atoms with Crippen LogP contribution in [0.25, 0.3) is 0 Å². The molecule has 1 rings (SSSR count). The van der Waals surface area contributed by atoms with Crippen LogP contribution < -0.4 is 5.73 Å². The van der Waals surface area contributed by atoms with Gasteiger partial charge in [-0.25, -0.2) is 4.98 Å².